The Morgan fingerprint density at radius 3 is 2.50 bits per heavy atom. The monoisotopic (exact) mass is 350 g/mol. The second-order valence-corrected chi connectivity index (χ2v) is 6.01. The summed E-state index contributed by atoms with van der Waals surface area (Å²) in [5.41, 5.74) is 3.39. The molecule has 3 aromatic rings. The number of hydrogen-bond acceptors (Lipinski definition) is 4. The Labute approximate surface area is 150 Å². The van der Waals surface area contributed by atoms with Crippen LogP contribution in [0.1, 0.15) is 16.8 Å². The molecule has 0 saturated carbocycles. The number of aromatic nitrogens is 2. The van der Waals surface area contributed by atoms with Crippen molar-refractivity contribution in [2.24, 2.45) is 0 Å². The first kappa shape index (κ1) is 17.3. The summed E-state index contributed by atoms with van der Waals surface area (Å²) in [5, 5.41) is 18.0. The molecule has 1 aromatic heterocycles. The van der Waals surface area contributed by atoms with E-state index in [0.717, 1.165) is 16.8 Å². The predicted octanol–water partition coefficient (Wildman–Crippen LogP) is 3.58. The van der Waals surface area contributed by atoms with E-state index < -0.39 is 4.92 Å². The number of amides is 1. The number of nitro groups is 1. The van der Waals surface area contributed by atoms with Crippen molar-refractivity contribution in [2.45, 2.75) is 20.3 Å². The van der Waals surface area contributed by atoms with Crippen molar-refractivity contribution >= 4 is 17.4 Å². The van der Waals surface area contributed by atoms with Crippen molar-refractivity contribution < 1.29 is 9.72 Å². The van der Waals surface area contributed by atoms with E-state index in [2.05, 4.69) is 10.4 Å². The zero-order valence-corrected chi connectivity index (χ0v) is 14.5. The molecule has 0 saturated heterocycles. The van der Waals surface area contributed by atoms with Gasteiger partial charge < -0.3 is 5.32 Å². The molecule has 132 valence electrons. The van der Waals surface area contributed by atoms with Crippen LogP contribution in [0.3, 0.4) is 0 Å². The molecule has 1 N–H and O–H groups in total. The minimum Gasteiger partial charge on any atom is -0.310 e. The lowest BCUT2D eigenvalue weighted by Crippen LogP contribution is -2.17. The van der Waals surface area contributed by atoms with Gasteiger partial charge in [-0.05, 0) is 37.1 Å². The zero-order chi connectivity index (χ0) is 18.7. The van der Waals surface area contributed by atoms with Gasteiger partial charge in [-0.25, -0.2) is 4.68 Å². The number of non-ortho nitro benzene ring substituents is 1. The van der Waals surface area contributed by atoms with Crippen LogP contribution in [0.5, 0.6) is 0 Å². The van der Waals surface area contributed by atoms with E-state index in [1.54, 1.807) is 22.9 Å². The quantitative estimate of drug-likeness (QED) is 0.562. The molecule has 0 aliphatic rings. The van der Waals surface area contributed by atoms with Gasteiger partial charge in [0.15, 0.2) is 0 Å². The SMILES string of the molecule is Cc1cc(NC(=O)Cc2ccccc2C)n(-c2ccc([N+](=O)[O-])cc2)n1. The number of nitro benzene ring substituents is 1. The standard InChI is InChI=1S/C19H18N4O3/c1-13-5-3-4-6-15(13)12-19(24)20-18-11-14(2)21-22(18)16-7-9-17(10-8-16)23(25)26/h3-11H,12H2,1-2H3,(H,20,24). The number of nitrogens with one attached hydrogen (secondary N) is 1. The molecule has 0 unspecified atom stereocenters. The van der Waals surface area contributed by atoms with Crippen LogP contribution in [0.15, 0.2) is 54.6 Å². The van der Waals surface area contributed by atoms with E-state index in [1.165, 1.54) is 12.1 Å². The molecule has 0 aliphatic heterocycles. The number of anilines is 1. The number of nitrogens with zero attached hydrogens (tertiary/aromatic N) is 3. The Morgan fingerprint density at radius 1 is 1.15 bits per heavy atom. The van der Waals surface area contributed by atoms with E-state index >= 15 is 0 Å². The van der Waals surface area contributed by atoms with Crippen LogP contribution in [0, 0.1) is 24.0 Å². The maximum absolute atomic E-state index is 12.4. The largest absolute Gasteiger partial charge is 0.310 e. The molecule has 0 fully saturated rings. The average Bonchev–Trinajstić information content (AvgIpc) is 2.97. The van der Waals surface area contributed by atoms with Crippen LogP contribution >= 0.6 is 0 Å². The fraction of sp³-hybridized carbons (Fsp3) is 0.158. The summed E-state index contributed by atoms with van der Waals surface area (Å²) in [6, 6.07) is 15.5. The molecule has 0 radical (unpaired) electrons. The van der Waals surface area contributed by atoms with E-state index in [4.69, 9.17) is 0 Å². The van der Waals surface area contributed by atoms with Crippen molar-refractivity contribution in [1.29, 1.82) is 0 Å². The van der Waals surface area contributed by atoms with Crippen molar-refractivity contribution in [2.75, 3.05) is 5.32 Å². The van der Waals surface area contributed by atoms with Gasteiger partial charge in [0.1, 0.15) is 5.82 Å². The Kier molecular flexibility index (Phi) is 4.79. The second-order valence-electron chi connectivity index (χ2n) is 6.01. The van der Waals surface area contributed by atoms with Crippen LogP contribution < -0.4 is 5.32 Å². The molecule has 0 aliphatic carbocycles. The summed E-state index contributed by atoms with van der Waals surface area (Å²) < 4.78 is 1.56. The van der Waals surface area contributed by atoms with Gasteiger partial charge >= 0.3 is 0 Å². The Balaban J connectivity index is 1.82. The minimum absolute atomic E-state index is 0.00256. The van der Waals surface area contributed by atoms with Crippen molar-refractivity contribution in [3.8, 4) is 5.69 Å². The number of aryl methyl sites for hydroxylation is 2. The predicted molar refractivity (Wildman–Crippen MR) is 98.5 cm³/mol. The van der Waals surface area contributed by atoms with E-state index in [-0.39, 0.29) is 18.0 Å². The first-order valence-corrected chi connectivity index (χ1v) is 8.10. The second kappa shape index (κ2) is 7.18. The summed E-state index contributed by atoms with van der Waals surface area (Å²) in [5.74, 6) is 0.372. The molecule has 0 spiro atoms. The van der Waals surface area contributed by atoms with E-state index in [1.807, 2.05) is 38.1 Å². The highest BCUT2D eigenvalue weighted by atomic mass is 16.6. The maximum atomic E-state index is 12.4. The third-order valence-electron chi connectivity index (χ3n) is 4.02. The smallest absolute Gasteiger partial charge is 0.269 e. The Morgan fingerprint density at radius 2 is 1.85 bits per heavy atom. The van der Waals surface area contributed by atoms with Gasteiger partial charge in [0, 0.05) is 18.2 Å². The summed E-state index contributed by atoms with van der Waals surface area (Å²) in [7, 11) is 0. The summed E-state index contributed by atoms with van der Waals surface area (Å²) >= 11 is 0. The van der Waals surface area contributed by atoms with Crippen LogP contribution in [-0.4, -0.2) is 20.6 Å². The van der Waals surface area contributed by atoms with Gasteiger partial charge in [0.05, 0.1) is 22.7 Å². The molecule has 7 heteroatoms. The number of carbonyl (C=O) groups is 1. The molecular weight excluding hydrogens is 332 g/mol. The van der Waals surface area contributed by atoms with Crippen LogP contribution in [0.25, 0.3) is 5.69 Å². The highest BCUT2D eigenvalue weighted by Gasteiger charge is 2.13. The first-order valence-electron chi connectivity index (χ1n) is 8.10. The third kappa shape index (κ3) is 3.77. The van der Waals surface area contributed by atoms with E-state index in [9.17, 15) is 14.9 Å². The normalized spacial score (nSPS) is 10.5. The number of benzene rings is 2. The molecule has 1 amide bonds. The Hall–Kier alpha value is -3.48. The molecule has 7 nitrogen and oxygen atoms in total. The first-order chi connectivity index (χ1) is 12.4. The van der Waals surface area contributed by atoms with Crippen LogP contribution in [0.2, 0.25) is 0 Å². The summed E-state index contributed by atoms with van der Waals surface area (Å²) in [4.78, 5) is 22.8. The lowest BCUT2D eigenvalue weighted by molar-refractivity contribution is -0.384. The number of carbonyl (C=O) groups excluding carboxylic acids is 1. The van der Waals surface area contributed by atoms with Crippen LogP contribution in [0.4, 0.5) is 11.5 Å². The molecule has 3 rings (SSSR count). The molecule has 26 heavy (non-hydrogen) atoms. The molecular formula is C19H18N4O3. The molecule has 0 bridgehead atoms. The van der Waals surface area contributed by atoms with Gasteiger partial charge in [-0.3, -0.25) is 14.9 Å². The number of hydrogen-bond donors (Lipinski definition) is 1. The van der Waals surface area contributed by atoms with Crippen molar-refractivity contribution in [3.63, 3.8) is 0 Å². The van der Waals surface area contributed by atoms with Gasteiger partial charge in [-0.1, -0.05) is 24.3 Å². The van der Waals surface area contributed by atoms with Gasteiger partial charge in [0.25, 0.3) is 5.69 Å². The fourth-order valence-corrected chi connectivity index (χ4v) is 2.67. The van der Waals surface area contributed by atoms with Crippen LogP contribution in [-0.2, 0) is 11.2 Å². The highest BCUT2D eigenvalue weighted by molar-refractivity contribution is 5.92. The topological polar surface area (TPSA) is 90.1 Å². The number of rotatable bonds is 5. The lowest BCUT2D eigenvalue weighted by atomic mass is 10.1. The van der Waals surface area contributed by atoms with E-state index in [0.29, 0.717) is 11.5 Å². The maximum Gasteiger partial charge on any atom is 0.269 e. The third-order valence-corrected chi connectivity index (χ3v) is 4.02. The van der Waals surface area contributed by atoms with Gasteiger partial charge in [0.2, 0.25) is 5.91 Å². The van der Waals surface area contributed by atoms with Gasteiger partial charge in [-0.2, -0.15) is 5.10 Å². The summed E-state index contributed by atoms with van der Waals surface area (Å²) in [6.07, 6.45) is 0.261. The summed E-state index contributed by atoms with van der Waals surface area (Å²) in [6.45, 7) is 3.78. The zero-order valence-electron chi connectivity index (χ0n) is 14.5. The van der Waals surface area contributed by atoms with Crippen molar-refractivity contribution in [3.05, 3.63) is 81.5 Å². The minimum atomic E-state index is -0.455. The molecule has 2 aromatic carbocycles. The lowest BCUT2D eigenvalue weighted by Gasteiger charge is -2.10. The molecule has 1 heterocycles. The fourth-order valence-electron chi connectivity index (χ4n) is 2.67. The molecule has 0 atom stereocenters. The van der Waals surface area contributed by atoms with Gasteiger partial charge in [-0.15, -0.1) is 0 Å². The van der Waals surface area contributed by atoms with Crippen molar-refractivity contribution in [1.82, 2.24) is 9.78 Å². The average molecular weight is 350 g/mol. The Bertz CT molecular complexity index is 961. The highest BCUT2D eigenvalue weighted by Crippen LogP contribution is 2.20.